The van der Waals surface area contributed by atoms with Crippen molar-refractivity contribution in [1.29, 1.82) is 0 Å². The standard InChI is InChI=1S/C19H24N4O/c24-19(7-6-17-12-20-15-21-13-17)22-18-8-10-23(11-9-18)14-16-4-2-1-3-5-16/h1-5,12-13,15,18H,6-11,14H2,(H,22,24). The van der Waals surface area contributed by atoms with E-state index in [4.69, 9.17) is 0 Å². The largest absolute Gasteiger partial charge is 0.353 e. The Balaban J connectivity index is 1.36. The molecule has 0 radical (unpaired) electrons. The van der Waals surface area contributed by atoms with Gasteiger partial charge in [-0.3, -0.25) is 9.69 Å². The molecule has 1 aliphatic heterocycles. The second-order valence-corrected chi connectivity index (χ2v) is 6.35. The lowest BCUT2D eigenvalue weighted by atomic mass is 10.0. The van der Waals surface area contributed by atoms with Gasteiger partial charge in [-0.2, -0.15) is 0 Å². The van der Waals surface area contributed by atoms with E-state index in [9.17, 15) is 4.79 Å². The fraction of sp³-hybridized carbons (Fsp3) is 0.421. The van der Waals surface area contributed by atoms with E-state index in [1.807, 2.05) is 6.07 Å². The highest BCUT2D eigenvalue weighted by atomic mass is 16.1. The van der Waals surface area contributed by atoms with Crippen LogP contribution in [0.1, 0.15) is 30.4 Å². The third-order valence-corrected chi connectivity index (χ3v) is 4.46. The Morgan fingerprint density at radius 1 is 1.08 bits per heavy atom. The Labute approximate surface area is 143 Å². The smallest absolute Gasteiger partial charge is 0.220 e. The second-order valence-electron chi connectivity index (χ2n) is 6.35. The van der Waals surface area contributed by atoms with Crippen molar-refractivity contribution in [3.63, 3.8) is 0 Å². The molecular weight excluding hydrogens is 300 g/mol. The van der Waals surface area contributed by atoms with Crippen LogP contribution in [0.15, 0.2) is 49.1 Å². The minimum absolute atomic E-state index is 0.125. The van der Waals surface area contributed by atoms with Gasteiger partial charge in [-0.1, -0.05) is 30.3 Å². The molecular formula is C19H24N4O. The van der Waals surface area contributed by atoms with Crippen molar-refractivity contribution in [3.8, 4) is 0 Å². The highest BCUT2D eigenvalue weighted by Gasteiger charge is 2.20. The van der Waals surface area contributed by atoms with E-state index in [2.05, 4.69) is 44.5 Å². The molecule has 1 amide bonds. The Morgan fingerprint density at radius 3 is 2.50 bits per heavy atom. The molecule has 3 rings (SSSR count). The van der Waals surface area contributed by atoms with Crippen LogP contribution in [0.25, 0.3) is 0 Å². The predicted octanol–water partition coefficient (Wildman–Crippen LogP) is 2.19. The molecule has 0 spiro atoms. The van der Waals surface area contributed by atoms with Gasteiger partial charge in [0, 0.05) is 44.5 Å². The molecule has 1 fully saturated rings. The first-order valence-corrected chi connectivity index (χ1v) is 8.59. The highest BCUT2D eigenvalue weighted by molar-refractivity contribution is 5.76. The van der Waals surface area contributed by atoms with Gasteiger partial charge >= 0.3 is 0 Å². The number of nitrogens with one attached hydrogen (secondary N) is 1. The summed E-state index contributed by atoms with van der Waals surface area (Å²) in [5, 5.41) is 3.17. The van der Waals surface area contributed by atoms with Crippen molar-refractivity contribution in [1.82, 2.24) is 20.2 Å². The first kappa shape index (κ1) is 16.6. The van der Waals surface area contributed by atoms with Crippen LogP contribution in [0.4, 0.5) is 0 Å². The number of hydrogen-bond donors (Lipinski definition) is 1. The van der Waals surface area contributed by atoms with E-state index in [0.29, 0.717) is 18.9 Å². The molecule has 0 aliphatic carbocycles. The van der Waals surface area contributed by atoms with Crippen LogP contribution < -0.4 is 5.32 Å². The van der Waals surface area contributed by atoms with Gasteiger partial charge in [0.05, 0.1) is 0 Å². The number of amides is 1. The van der Waals surface area contributed by atoms with Gasteiger partial charge in [-0.05, 0) is 30.4 Å². The Kier molecular flexibility index (Phi) is 5.90. The number of likely N-dealkylation sites (tertiary alicyclic amines) is 1. The topological polar surface area (TPSA) is 58.1 Å². The van der Waals surface area contributed by atoms with Crippen LogP contribution in [-0.4, -0.2) is 39.9 Å². The number of aryl methyl sites for hydroxylation is 1. The molecule has 5 heteroatoms. The number of aromatic nitrogens is 2. The first-order valence-electron chi connectivity index (χ1n) is 8.59. The summed E-state index contributed by atoms with van der Waals surface area (Å²) in [7, 11) is 0. The van der Waals surface area contributed by atoms with Gasteiger partial charge in [0.25, 0.3) is 0 Å². The summed E-state index contributed by atoms with van der Waals surface area (Å²) >= 11 is 0. The molecule has 1 N–H and O–H groups in total. The number of carbonyl (C=O) groups is 1. The minimum atomic E-state index is 0.125. The monoisotopic (exact) mass is 324 g/mol. The Hall–Kier alpha value is -2.27. The quantitative estimate of drug-likeness (QED) is 0.885. The fourth-order valence-corrected chi connectivity index (χ4v) is 3.09. The van der Waals surface area contributed by atoms with Crippen LogP contribution >= 0.6 is 0 Å². The third kappa shape index (κ3) is 5.13. The fourth-order valence-electron chi connectivity index (χ4n) is 3.09. The van der Waals surface area contributed by atoms with E-state index in [-0.39, 0.29) is 5.91 Å². The van der Waals surface area contributed by atoms with E-state index in [0.717, 1.165) is 38.0 Å². The van der Waals surface area contributed by atoms with Crippen LogP contribution in [0.5, 0.6) is 0 Å². The molecule has 0 saturated carbocycles. The molecule has 1 saturated heterocycles. The zero-order valence-corrected chi connectivity index (χ0v) is 13.9. The molecule has 24 heavy (non-hydrogen) atoms. The van der Waals surface area contributed by atoms with E-state index < -0.39 is 0 Å². The molecule has 0 bridgehead atoms. The molecule has 0 atom stereocenters. The van der Waals surface area contributed by atoms with Gasteiger partial charge < -0.3 is 5.32 Å². The number of benzene rings is 1. The van der Waals surface area contributed by atoms with Gasteiger partial charge in [0.15, 0.2) is 0 Å². The Bertz CT molecular complexity index is 624. The molecule has 1 aromatic carbocycles. The second kappa shape index (κ2) is 8.55. The molecule has 1 aromatic heterocycles. The van der Waals surface area contributed by atoms with Crippen molar-refractivity contribution in [2.24, 2.45) is 0 Å². The normalized spacial score (nSPS) is 16.0. The van der Waals surface area contributed by atoms with Crippen molar-refractivity contribution in [2.45, 2.75) is 38.3 Å². The van der Waals surface area contributed by atoms with Crippen molar-refractivity contribution in [3.05, 3.63) is 60.2 Å². The van der Waals surface area contributed by atoms with E-state index in [1.165, 1.54) is 11.9 Å². The molecule has 0 unspecified atom stereocenters. The maximum atomic E-state index is 12.1. The SMILES string of the molecule is O=C(CCc1cncnc1)NC1CCN(Cc2ccccc2)CC1. The van der Waals surface area contributed by atoms with Crippen molar-refractivity contribution >= 4 is 5.91 Å². The maximum absolute atomic E-state index is 12.1. The number of nitrogens with zero attached hydrogens (tertiary/aromatic N) is 3. The van der Waals surface area contributed by atoms with Gasteiger partial charge in [0.2, 0.25) is 5.91 Å². The lowest BCUT2D eigenvalue weighted by Gasteiger charge is -2.32. The average molecular weight is 324 g/mol. The van der Waals surface area contributed by atoms with Gasteiger partial charge in [-0.15, -0.1) is 0 Å². The minimum Gasteiger partial charge on any atom is -0.353 e. The van der Waals surface area contributed by atoms with Crippen LogP contribution in [-0.2, 0) is 17.8 Å². The van der Waals surface area contributed by atoms with Crippen LogP contribution in [0, 0.1) is 0 Å². The van der Waals surface area contributed by atoms with Gasteiger partial charge in [0.1, 0.15) is 6.33 Å². The summed E-state index contributed by atoms with van der Waals surface area (Å²) in [4.78, 5) is 22.5. The van der Waals surface area contributed by atoms with E-state index >= 15 is 0 Å². The summed E-state index contributed by atoms with van der Waals surface area (Å²) in [6.07, 6.45) is 8.27. The number of hydrogen-bond acceptors (Lipinski definition) is 4. The number of carbonyl (C=O) groups excluding carboxylic acids is 1. The van der Waals surface area contributed by atoms with Crippen molar-refractivity contribution < 1.29 is 4.79 Å². The van der Waals surface area contributed by atoms with E-state index in [1.54, 1.807) is 12.4 Å². The summed E-state index contributed by atoms with van der Waals surface area (Å²) in [6, 6.07) is 10.9. The lowest BCUT2D eigenvalue weighted by molar-refractivity contribution is -0.122. The summed E-state index contributed by atoms with van der Waals surface area (Å²) in [5.74, 6) is 0.125. The molecule has 126 valence electrons. The molecule has 2 aromatic rings. The lowest BCUT2D eigenvalue weighted by Crippen LogP contribution is -2.44. The van der Waals surface area contributed by atoms with Gasteiger partial charge in [-0.25, -0.2) is 9.97 Å². The average Bonchev–Trinajstić information content (AvgIpc) is 2.63. The van der Waals surface area contributed by atoms with Crippen LogP contribution in [0.3, 0.4) is 0 Å². The highest BCUT2D eigenvalue weighted by Crippen LogP contribution is 2.14. The maximum Gasteiger partial charge on any atom is 0.220 e. The van der Waals surface area contributed by atoms with Crippen LogP contribution in [0.2, 0.25) is 0 Å². The third-order valence-electron chi connectivity index (χ3n) is 4.46. The molecule has 2 heterocycles. The zero-order chi connectivity index (χ0) is 16.6. The summed E-state index contributed by atoms with van der Waals surface area (Å²) < 4.78 is 0. The number of rotatable bonds is 6. The predicted molar refractivity (Wildman–Crippen MR) is 93.2 cm³/mol. The molecule has 1 aliphatic rings. The number of piperidine rings is 1. The zero-order valence-electron chi connectivity index (χ0n) is 13.9. The van der Waals surface area contributed by atoms with Crippen molar-refractivity contribution in [2.75, 3.05) is 13.1 Å². The first-order chi connectivity index (χ1) is 11.8. The summed E-state index contributed by atoms with van der Waals surface area (Å²) in [5.41, 5.74) is 2.36. The molecule has 5 nitrogen and oxygen atoms in total. The Morgan fingerprint density at radius 2 is 1.79 bits per heavy atom. The summed E-state index contributed by atoms with van der Waals surface area (Å²) in [6.45, 7) is 3.06.